The molecular formula is C14H30N2O. The average molecular weight is 242 g/mol. The molecule has 0 aromatic heterocycles. The molecule has 0 spiro atoms. The van der Waals surface area contributed by atoms with E-state index in [-0.39, 0.29) is 17.7 Å². The largest absolute Gasteiger partial charge is 0.371 e. The Morgan fingerprint density at radius 2 is 1.94 bits per heavy atom. The molecule has 1 fully saturated rings. The van der Waals surface area contributed by atoms with Crippen molar-refractivity contribution >= 4 is 0 Å². The smallest absolute Gasteiger partial charge is 0.0717 e. The van der Waals surface area contributed by atoms with Gasteiger partial charge in [0.25, 0.3) is 0 Å². The summed E-state index contributed by atoms with van der Waals surface area (Å²) in [6, 6.07) is 0.100. The summed E-state index contributed by atoms with van der Waals surface area (Å²) in [7, 11) is 0. The van der Waals surface area contributed by atoms with Crippen LogP contribution in [0.1, 0.15) is 48.0 Å². The maximum Gasteiger partial charge on any atom is 0.0717 e. The predicted octanol–water partition coefficient (Wildman–Crippen LogP) is 2.25. The molecule has 17 heavy (non-hydrogen) atoms. The third kappa shape index (κ3) is 5.36. The van der Waals surface area contributed by atoms with Crippen molar-refractivity contribution in [2.24, 2.45) is 11.1 Å². The van der Waals surface area contributed by atoms with Gasteiger partial charge in [0, 0.05) is 19.1 Å². The Morgan fingerprint density at radius 3 is 2.35 bits per heavy atom. The minimum Gasteiger partial charge on any atom is -0.371 e. The van der Waals surface area contributed by atoms with Crippen molar-refractivity contribution in [2.75, 3.05) is 19.6 Å². The van der Waals surface area contributed by atoms with Crippen molar-refractivity contribution in [3.05, 3.63) is 0 Å². The SMILES string of the molecule is C[C@@H](OC(C)(C)C)[C@H](N)CN1CCC(C)(C)C1. The van der Waals surface area contributed by atoms with Gasteiger partial charge in [-0.15, -0.1) is 0 Å². The van der Waals surface area contributed by atoms with Gasteiger partial charge in [0.2, 0.25) is 0 Å². The highest BCUT2D eigenvalue weighted by molar-refractivity contribution is 4.86. The van der Waals surface area contributed by atoms with Gasteiger partial charge in [-0.05, 0) is 46.1 Å². The Labute approximate surface area is 107 Å². The van der Waals surface area contributed by atoms with Crippen LogP contribution in [0.25, 0.3) is 0 Å². The van der Waals surface area contributed by atoms with E-state index in [0.717, 1.165) is 13.1 Å². The van der Waals surface area contributed by atoms with E-state index in [1.807, 2.05) is 0 Å². The van der Waals surface area contributed by atoms with Crippen LogP contribution in [0.3, 0.4) is 0 Å². The van der Waals surface area contributed by atoms with Crippen LogP contribution in [0.4, 0.5) is 0 Å². The molecule has 2 N–H and O–H groups in total. The molecular weight excluding hydrogens is 212 g/mol. The highest BCUT2D eigenvalue weighted by Gasteiger charge is 2.31. The lowest BCUT2D eigenvalue weighted by atomic mass is 9.93. The van der Waals surface area contributed by atoms with Crippen LogP contribution in [-0.4, -0.2) is 42.3 Å². The molecule has 0 aromatic carbocycles. The maximum absolute atomic E-state index is 6.23. The molecule has 0 bridgehead atoms. The quantitative estimate of drug-likeness (QED) is 0.822. The topological polar surface area (TPSA) is 38.5 Å². The van der Waals surface area contributed by atoms with Crippen molar-refractivity contribution in [3.8, 4) is 0 Å². The Morgan fingerprint density at radius 1 is 1.35 bits per heavy atom. The molecule has 0 aromatic rings. The fourth-order valence-electron chi connectivity index (χ4n) is 2.47. The molecule has 3 heteroatoms. The molecule has 0 aliphatic carbocycles. The van der Waals surface area contributed by atoms with E-state index in [1.165, 1.54) is 13.0 Å². The van der Waals surface area contributed by atoms with Crippen LogP contribution in [-0.2, 0) is 4.74 Å². The molecule has 0 unspecified atom stereocenters. The highest BCUT2D eigenvalue weighted by Crippen LogP contribution is 2.28. The number of nitrogens with two attached hydrogens (primary N) is 1. The molecule has 0 saturated carbocycles. The van der Waals surface area contributed by atoms with Gasteiger partial charge in [-0.3, -0.25) is 0 Å². The van der Waals surface area contributed by atoms with Crippen LogP contribution < -0.4 is 5.73 Å². The second kappa shape index (κ2) is 5.25. The second-order valence-electron chi connectivity index (χ2n) is 7.25. The minimum absolute atomic E-state index is 0.100. The van der Waals surface area contributed by atoms with E-state index in [4.69, 9.17) is 10.5 Å². The molecule has 3 nitrogen and oxygen atoms in total. The summed E-state index contributed by atoms with van der Waals surface area (Å²) in [5.74, 6) is 0. The van der Waals surface area contributed by atoms with E-state index in [0.29, 0.717) is 5.41 Å². The number of hydrogen-bond acceptors (Lipinski definition) is 3. The zero-order valence-electron chi connectivity index (χ0n) is 12.4. The van der Waals surface area contributed by atoms with E-state index >= 15 is 0 Å². The van der Waals surface area contributed by atoms with Crippen LogP contribution in [0.5, 0.6) is 0 Å². The molecule has 1 aliphatic heterocycles. The van der Waals surface area contributed by atoms with Crippen molar-refractivity contribution in [2.45, 2.75) is 65.7 Å². The first-order valence-electron chi connectivity index (χ1n) is 6.75. The monoisotopic (exact) mass is 242 g/mol. The van der Waals surface area contributed by atoms with Crippen LogP contribution in [0, 0.1) is 5.41 Å². The fraction of sp³-hybridized carbons (Fsp3) is 1.00. The average Bonchev–Trinajstić information content (AvgIpc) is 2.42. The zero-order valence-corrected chi connectivity index (χ0v) is 12.4. The molecule has 1 saturated heterocycles. The lowest BCUT2D eigenvalue weighted by Crippen LogP contribution is -2.46. The van der Waals surface area contributed by atoms with Gasteiger partial charge >= 0.3 is 0 Å². The van der Waals surface area contributed by atoms with Gasteiger partial charge in [0.05, 0.1) is 11.7 Å². The number of likely N-dealkylation sites (tertiary alicyclic amines) is 1. The number of hydrogen-bond donors (Lipinski definition) is 1. The third-order valence-corrected chi connectivity index (χ3v) is 3.37. The summed E-state index contributed by atoms with van der Waals surface area (Å²) in [5, 5.41) is 0. The normalized spacial score (nSPS) is 24.9. The molecule has 1 heterocycles. The van der Waals surface area contributed by atoms with Gasteiger partial charge < -0.3 is 15.4 Å². The van der Waals surface area contributed by atoms with Crippen LogP contribution in [0.15, 0.2) is 0 Å². The van der Waals surface area contributed by atoms with Crippen LogP contribution >= 0.6 is 0 Å². The number of rotatable bonds is 4. The lowest BCUT2D eigenvalue weighted by molar-refractivity contribution is -0.0642. The first-order valence-corrected chi connectivity index (χ1v) is 6.75. The Balaban J connectivity index is 2.37. The Hall–Kier alpha value is -0.120. The standard InChI is InChI=1S/C14H30N2O/c1-11(17-13(2,3)4)12(15)9-16-8-7-14(5,6)10-16/h11-12H,7-10,15H2,1-6H3/t11-,12-/m1/s1. The van der Waals surface area contributed by atoms with Gasteiger partial charge in [0.1, 0.15) is 0 Å². The summed E-state index contributed by atoms with van der Waals surface area (Å²) >= 11 is 0. The summed E-state index contributed by atoms with van der Waals surface area (Å²) in [4.78, 5) is 2.47. The van der Waals surface area contributed by atoms with Crippen LogP contribution in [0.2, 0.25) is 0 Å². The summed E-state index contributed by atoms with van der Waals surface area (Å²) in [5.41, 5.74) is 6.57. The lowest BCUT2D eigenvalue weighted by Gasteiger charge is -2.31. The van der Waals surface area contributed by atoms with E-state index in [2.05, 4.69) is 46.4 Å². The molecule has 1 rings (SSSR count). The summed E-state index contributed by atoms with van der Waals surface area (Å²) < 4.78 is 5.91. The van der Waals surface area contributed by atoms with Crippen molar-refractivity contribution in [3.63, 3.8) is 0 Å². The van der Waals surface area contributed by atoms with E-state index in [9.17, 15) is 0 Å². The van der Waals surface area contributed by atoms with Crippen molar-refractivity contribution < 1.29 is 4.74 Å². The minimum atomic E-state index is -0.110. The third-order valence-electron chi connectivity index (χ3n) is 3.37. The van der Waals surface area contributed by atoms with E-state index in [1.54, 1.807) is 0 Å². The van der Waals surface area contributed by atoms with Gasteiger partial charge in [-0.1, -0.05) is 13.8 Å². The molecule has 0 amide bonds. The highest BCUT2D eigenvalue weighted by atomic mass is 16.5. The fourth-order valence-corrected chi connectivity index (χ4v) is 2.47. The number of ether oxygens (including phenoxy) is 1. The Kier molecular flexibility index (Phi) is 4.61. The first-order chi connectivity index (χ1) is 7.59. The first kappa shape index (κ1) is 14.9. The van der Waals surface area contributed by atoms with Crippen molar-refractivity contribution in [1.82, 2.24) is 4.90 Å². The molecule has 0 radical (unpaired) electrons. The molecule has 2 atom stereocenters. The summed E-state index contributed by atoms with van der Waals surface area (Å²) in [6.45, 7) is 16.2. The predicted molar refractivity (Wildman–Crippen MR) is 73.1 cm³/mol. The summed E-state index contributed by atoms with van der Waals surface area (Å²) in [6.07, 6.45) is 1.38. The Bertz CT molecular complexity index is 245. The van der Waals surface area contributed by atoms with Gasteiger partial charge in [-0.2, -0.15) is 0 Å². The molecule has 102 valence electrons. The number of nitrogens with zero attached hydrogens (tertiary/aromatic N) is 1. The maximum atomic E-state index is 6.23. The van der Waals surface area contributed by atoms with Gasteiger partial charge in [0.15, 0.2) is 0 Å². The second-order valence-corrected chi connectivity index (χ2v) is 7.25. The molecule has 1 aliphatic rings. The van der Waals surface area contributed by atoms with E-state index < -0.39 is 0 Å². The van der Waals surface area contributed by atoms with Gasteiger partial charge in [-0.25, -0.2) is 0 Å². The zero-order chi connectivity index (χ0) is 13.3. The van der Waals surface area contributed by atoms with Crippen molar-refractivity contribution in [1.29, 1.82) is 0 Å².